The SMILES string of the molecule is CC(Br)C(C)c1c([N+](=O)[O-])cnc2ccc(Br)cc12. The molecule has 1 aromatic carbocycles. The Hall–Kier alpha value is -1.01. The summed E-state index contributed by atoms with van der Waals surface area (Å²) in [6, 6.07) is 5.63. The Morgan fingerprint density at radius 2 is 2.05 bits per heavy atom. The average molecular weight is 388 g/mol. The standard InChI is InChI=1S/C13H12Br2N2O2/c1-7(8(2)14)13-10-5-9(15)3-4-11(10)16-6-12(13)17(18)19/h3-8H,1-2H3. The second-order valence-corrected chi connectivity index (χ2v) is 6.80. The van der Waals surface area contributed by atoms with Crippen LogP contribution in [0.5, 0.6) is 0 Å². The molecule has 0 fully saturated rings. The summed E-state index contributed by atoms with van der Waals surface area (Å²) in [7, 11) is 0. The van der Waals surface area contributed by atoms with Gasteiger partial charge in [0.25, 0.3) is 5.69 Å². The quantitative estimate of drug-likeness (QED) is 0.432. The van der Waals surface area contributed by atoms with Crippen LogP contribution in [0.3, 0.4) is 0 Å². The summed E-state index contributed by atoms with van der Waals surface area (Å²) in [4.78, 5) is 15.2. The zero-order chi connectivity index (χ0) is 14.2. The smallest absolute Gasteiger partial charge is 0.258 e. The minimum Gasteiger partial charge on any atom is -0.258 e. The van der Waals surface area contributed by atoms with Gasteiger partial charge in [0.1, 0.15) is 6.20 Å². The minimum atomic E-state index is -0.367. The fraction of sp³-hybridized carbons (Fsp3) is 0.308. The molecule has 100 valence electrons. The summed E-state index contributed by atoms with van der Waals surface area (Å²) in [6.45, 7) is 3.96. The Morgan fingerprint density at radius 1 is 1.37 bits per heavy atom. The van der Waals surface area contributed by atoms with Crippen LogP contribution in [0.4, 0.5) is 5.69 Å². The molecule has 0 aliphatic carbocycles. The van der Waals surface area contributed by atoms with Crippen molar-refractivity contribution in [2.75, 3.05) is 0 Å². The number of nitrogens with zero attached hydrogens (tertiary/aromatic N) is 2. The van der Waals surface area contributed by atoms with Crippen LogP contribution in [-0.4, -0.2) is 14.7 Å². The fourth-order valence-electron chi connectivity index (χ4n) is 2.03. The lowest BCUT2D eigenvalue weighted by Crippen LogP contribution is -2.09. The number of halogens is 2. The van der Waals surface area contributed by atoms with Crippen molar-refractivity contribution in [3.8, 4) is 0 Å². The number of benzene rings is 1. The van der Waals surface area contributed by atoms with Gasteiger partial charge in [-0.05, 0) is 18.2 Å². The number of hydrogen-bond acceptors (Lipinski definition) is 3. The van der Waals surface area contributed by atoms with Gasteiger partial charge in [-0.1, -0.05) is 45.7 Å². The number of fused-ring (bicyclic) bond motifs is 1. The lowest BCUT2D eigenvalue weighted by atomic mass is 9.93. The third-order valence-electron chi connectivity index (χ3n) is 3.19. The maximum Gasteiger partial charge on any atom is 0.291 e. The molecular weight excluding hydrogens is 376 g/mol. The van der Waals surface area contributed by atoms with Crippen LogP contribution in [0, 0.1) is 10.1 Å². The van der Waals surface area contributed by atoms with Crippen LogP contribution in [0.1, 0.15) is 25.3 Å². The van der Waals surface area contributed by atoms with Crippen molar-refractivity contribution in [1.82, 2.24) is 4.98 Å². The zero-order valence-corrected chi connectivity index (χ0v) is 13.6. The van der Waals surface area contributed by atoms with Gasteiger partial charge < -0.3 is 0 Å². The Morgan fingerprint density at radius 3 is 2.63 bits per heavy atom. The maximum atomic E-state index is 11.2. The van der Waals surface area contributed by atoms with E-state index >= 15 is 0 Å². The molecule has 0 saturated carbocycles. The molecule has 19 heavy (non-hydrogen) atoms. The van der Waals surface area contributed by atoms with Gasteiger partial charge in [-0.25, -0.2) is 4.98 Å². The molecule has 1 aromatic heterocycles. The summed E-state index contributed by atoms with van der Waals surface area (Å²) in [6.07, 6.45) is 1.34. The highest BCUT2D eigenvalue weighted by Gasteiger charge is 2.25. The molecule has 1 heterocycles. The Balaban J connectivity index is 2.82. The normalized spacial score (nSPS) is 14.3. The first-order chi connectivity index (χ1) is 8.91. The number of rotatable bonds is 3. The van der Waals surface area contributed by atoms with Gasteiger partial charge in [-0.2, -0.15) is 0 Å². The van der Waals surface area contributed by atoms with Gasteiger partial charge >= 0.3 is 0 Å². The summed E-state index contributed by atoms with van der Waals surface area (Å²) < 4.78 is 0.887. The van der Waals surface area contributed by atoms with Crippen molar-refractivity contribution in [3.05, 3.63) is 44.5 Å². The zero-order valence-electron chi connectivity index (χ0n) is 10.4. The molecule has 2 rings (SSSR count). The lowest BCUT2D eigenvalue weighted by Gasteiger charge is -2.17. The van der Waals surface area contributed by atoms with Gasteiger partial charge in [-0.3, -0.25) is 10.1 Å². The van der Waals surface area contributed by atoms with E-state index in [1.165, 1.54) is 6.20 Å². The maximum absolute atomic E-state index is 11.2. The van der Waals surface area contributed by atoms with E-state index in [0.29, 0.717) is 0 Å². The third kappa shape index (κ3) is 2.79. The molecule has 6 heteroatoms. The minimum absolute atomic E-state index is 0.0141. The molecule has 0 aliphatic heterocycles. The van der Waals surface area contributed by atoms with Crippen molar-refractivity contribution >= 4 is 48.5 Å². The summed E-state index contributed by atoms with van der Waals surface area (Å²) in [5.74, 6) is 0.0141. The molecule has 2 unspecified atom stereocenters. The molecule has 0 saturated heterocycles. The van der Waals surface area contributed by atoms with E-state index in [1.807, 2.05) is 32.0 Å². The number of alkyl halides is 1. The van der Waals surface area contributed by atoms with Gasteiger partial charge in [-0.15, -0.1) is 0 Å². The molecule has 4 nitrogen and oxygen atoms in total. The molecular formula is C13H12Br2N2O2. The Bertz CT molecular complexity index is 644. The van der Waals surface area contributed by atoms with Crippen LogP contribution >= 0.6 is 31.9 Å². The van der Waals surface area contributed by atoms with Crippen molar-refractivity contribution in [2.45, 2.75) is 24.6 Å². The fourth-order valence-corrected chi connectivity index (χ4v) is 2.65. The van der Waals surface area contributed by atoms with Crippen molar-refractivity contribution in [1.29, 1.82) is 0 Å². The molecule has 0 radical (unpaired) electrons. The van der Waals surface area contributed by atoms with Crippen LogP contribution in [0.25, 0.3) is 10.9 Å². The largest absolute Gasteiger partial charge is 0.291 e. The van der Waals surface area contributed by atoms with E-state index in [-0.39, 0.29) is 21.4 Å². The lowest BCUT2D eigenvalue weighted by molar-refractivity contribution is -0.385. The molecule has 0 amide bonds. The van der Waals surface area contributed by atoms with Crippen molar-refractivity contribution in [3.63, 3.8) is 0 Å². The van der Waals surface area contributed by atoms with Crippen LogP contribution in [-0.2, 0) is 0 Å². The monoisotopic (exact) mass is 386 g/mol. The van der Waals surface area contributed by atoms with Crippen LogP contribution < -0.4 is 0 Å². The predicted octanol–water partition coefficient (Wildman–Crippen LogP) is 4.79. The first-order valence-electron chi connectivity index (χ1n) is 5.78. The van der Waals surface area contributed by atoms with E-state index in [2.05, 4.69) is 36.8 Å². The molecule has 0 aliphatic rings. The molecule has 0 spiro atoms. The van der Waals surface area contributed by atoms with Gasteiger partial charge in [0.05, 0.1) is 10.4 Å². The van der Waals surface area contributed by atoms with Gasteiger partial charge in [0.15, 0.2) is 0 Å². The van der Waals surface area contributed by atoms with E-state index in [9.17, 15) is 10.1 Å². The van der Waals surface area contributed by atoms with E-state index in [1.54, 1.807) is 0 Å². The van der Waals surface area contributed by atoms with E-state index in [0.717, 1.165) is 20.9 Å². The van der Waals surface area contributed by atoms with Crippen molar-refractivity contribution < 1.29 is 4.92 Å². The third-order valence-corrected chi connectivity index (χ3v) is 4.48. The second kappa shape index (κ2) is 5.54. The van der Waals surface area contributed by atoms with Crippen molar-refractivity contribution in [2.24, 2.45) is 0 Å². The Kier molecular flexibility index (Phi) is 4.20. The first-order valence-corrected chi connectivity index (χ1v) is 7.49. The average Bonchev–Trinajstić information content (AvgIpc) is 2.36. The van der Waals surface area contributed by atoms with E-state index < -0.39 is 0 Å². The van der Waals surface area contributed by atoms with Crippen LogP contribution in [0.2, 0.25) is 0 Å². The number of aromatic nitrogens is 1. The highest BCUT2D eigenvalue weighted by atomic mass is 79.9. The molecule has 2 aromatic rings. The predicted molar refractivity (Wildman–Crippen MR) is 82.9 cm³/mol. The highest BCUT2D eigenvalue weighted by Crippen LogP contribution is 2.37. The molecule has 0 N–H and O–H groups in total. The number of hydrogen-bond donors (Lipinski definition) is 0. The summed E-state index contributed by atoms with van der Waals surface area (Å²) >= 11 is 6.91. The highest BCUT2D eigenvalue weighted by molar-refractivity contribution is 9.10. The summed E-state index contributed by atoms with van der Waals surface area (Å²) in [5, 5.41) is 12.0. The van der Waals surface area contributed by atoms with Gasteiger partial charge in [0.2, 0.25) is 0 Å². The molecule has 0 bridgehead atoms. The number of nitro groups is 1. The Labute approximate surface area is 127 Å². The van der Waals surface area contributed by atoms with E-state index in [4.69, 9.17) is 0 Å². The molecule has 2 atom stereocenters. The topological polar surface area (TPSA) is 56.0 Å². The van der Waals surface area contributed by atoms with Gasteiger partial charge in [0, 0.05) is 26.2 Å². The number of pyridine rings is 1. The second-order valence-electron chi connectivity index (χ2n) is 4.44. The summed E-state index contributed by atoms with van der Waals surface area (Å²) in [5.41, 5.74) is 1.56. The van der Waals surface area contributed by atoms with Crippen LogP contribution in [0.15, 0.2) is 28.9 Å². The first kappa shape index (κ1) is 14.4.